The van der Waals surface area contributed by atoms with E-state index in [9.17, 15) is 4.79 Å². The van der Waals surface area contributed by atoms with Crippen LogP contribution >= 0.6 is 11.3 Å². The number of hydrogen-bond donors (Lipinski definition) is 0. The molecule has 2 heterocycles. The van der Waals surface area contributed by atoms with Crippen LogP contribution in [-0.4, -0.2) is 32.6 Å². The highest BCUT2D eigenvalue weighted by Gasteiger charge is 2.18. The maximum Gasteiger partial charge on any atom is 0.360 e. The van der Waals surface area contributed by atoms with Gasteiger partial charge in [-0.2, -0.15) is 0 Å². The highest BCUT2D eigenvalue weighted by Crippen LogP contribution is 2.20. The highest BCUT2D eigenvalue weighted by atomic mass is 32.1. The lowest BCUT2D eigenvalue weighted by atomic mass is 10.2. The third-order valence-electron chi connectivity index (χ3n) is 2.83. The Morgan fingerprint density at radius 2 is 2.25 bits per heavy atom. The smallest absolute Gasteiger partial charge is 0.360 e. The predicted molar refractivity (Wildman–Crippen MR) is 76.0 cm³/mol. The number of thiazole rings is 1. The summed E-state index contributed by atoms with van der Waals surface area (Å²) in [5.41, 5.74) is 1.90. The van der Waals surface area contributed by atoms with E-state index in [0.29, 0.717) is 24.8 Å². The predicted octanol–water partition coefficient (Wildman–Crippen LogP) is 2.39. The van der Waals surface area contributed by atoms with E-state index in [2.05, 4.69) is 29.1 Å². The summed E-state index contributed by atoms with van der Waals surface area (Å²) in [5.74, 6) is -0.0157. The standard InChI is InChI=1S/C13H18N4O2S/c1-5-19-13(18)11-9(4)17(16-15-11)6-10-7-20-12(14-10)8(2)3/h7-8H,5-6H2,1-4H3. The second-order valence-electron chi connectivity index (χ2n) is 4.73. The average molecular weight is 294 g/mol. The molecule has 108 valence electrons. The first kappa shape index (κ1) is 14.6. The summed E-state index contributed by atoms with van der Waals surface area (Å²) in [5, 5.41) is 11.0. The van der Waals surface area contributed by atoms with Crippen LogP contribution in [0.2, 0.25) is 0 Å². The van der Waals surface area contributed by atoms with Gasteiger partial charge in [0.2, 0.25) is 0 Å². The van der Waals surface area contributed by atoms with Gasteiger partial charge in [0.1, 0.15) is 0 Å². The van der Waals surface area contributed by atoms with Crippen molar-refractivity contribution in [2.45, 2.75) is 40.2 Å². The van der Waals surface area contributed by atoms with Crippen LogP contribution in [0.1, 0.15) is 53.6 Å². The van der Waals surface area contributed by atoms with Crippen LogP contribution in [0.15, 0.2) is 5.38 Å². The van der Waals surface area contributed by atoms with Crippen LogP contribution in [0, 0.1) is 6.92 Å². The summed E-state index contributed by atoms with van der Waals surface area (Å²) in [6.45, 7) is 8.64. The van der Waals surface area contributed by atoms with Crippen molar-refractivity contribution in [3.05, 3.63) is 27.5 Å². The first-order valence-electron chi connectivity index (χ1n) is 6.54. The Morgan fingerprint density at radius 3 is 2.85 bits per heavy atom. The Kier molecular flexibility index (Phi) is 4.49. The van der Waals surface area contributed by atoms with Gasteiger partial charge in [0, 0.05) is 11.3 Å². The van der Waals surface area contributed by atoms with Gasteiger partial charge < -0.3 is 4.74 Å². The molecule has 0 fully saturated rings. The van der Waals surface area contributed by atoms with E-state index in [4.69, 9.17) is 4.74 Å². The van der Waals surface area contributed by atoms with Gasteiger partial charge in [0.05, 0.1) is 29.5 Å². The van der Waals surface area contributed by atoms with Gasteiger partial charge in [-0.05, 0) is 13.8 Å². The number of rotatable bonds is 5. The van der Waals surface area contributed by atoms with E-state index < -0.39 is 5.97 Å². The van der Waals surface area contributed by atoms with Crippen molar-refractivity contribution in [3.8, 4) is 0 Å². The van der Waals surface area contributed by atoms with E-state index in [1.54, 1.807) is 22.9 Å². The number of esters is 1. The lowest BCUT2D eigenvalue weighted by Crippen LogP contribution is -2.09. The zero-order valence-corrected chi connectivity index (χ0v) is 12.9. The minimum absolute atomic E-state index is 0.270. The Bertz CT molecular complexity index is 603. The quantitative estimate of drug-likeness (QED) is 0.792. The molecule has 7 heteroatoms. The first-order chi connectivity index (χ1) is 9.52. The fraction of sp³-hybridized carbons (Fsp3) is 0.538. The monoisotopic (exact) mass is 294 g/mol. The normalized spacial score (nSPS) is 11.1. The minimum atomic E-state index is -0.433. The number of nitrogens with zero attached hydrogens (tertiary/aromatic N) is 4. The molecular formula is C13H18N4O2S. The molecule has 0 radical (unpaired) electrons. The Hall–Kier alpha value is -1.76. The van der Waals surface area contributed by atoms with Crippen LogP contribution < -0.4 is 0 Å². The molecule has 0 bridgehead atoms. The summed E-state index contributed by atoms with van der Waals surface area (Å²) in [4.78, 5) is 16.2. The third-order valence-corrected chi connectivity index (χ3v) is 4.02. The van der Waals surface area contributed by atoms with E-state index >= 15 is 0 Å². The van der Waals surface area contributed by atoms with Gasteiger partial charge in [0.15, 0.2) is 5.69 Å². The van der Waals surface area contributed by atoms with Crippen molar-refractivity contribution < 1.29 is 9.53 Å². The number of aromatic nitrogens is 4. The molecule has 6 nitrogen and oxygen atoms in total. The first-order valence-corrected chi connectivity index (χ1v) is 7.42. The van der Waals surface area contributed by atoms with Gasteiger partial charge in [-0.1, -0.05) is 19.1 Å². The van der Waals surface area contributed by atoms with Gasteiger partial charge in [-0.25, -0.2) is 14.5 Å². The largest absolute Gasteiger partial charge is 0.461 e. The molecule has 0 atom stereocenters. The maximum absolute atomic E-state index is 11.7. The summed E-state index contributed by atoms with van der Waals surface area (Å²) in [7, 11) is 0. The van der Waals surface area contributed by atoms with Crippen LogP contribution in [-0.2, 0) is 11.3 Å². The minimum Gasteiger partial charge on any atom is -0.461 e. The van der Waals surface area contributed by atoms with Crippen molar-refractivity contribution in [2.75, 3.05) is 6.61 Å². The molecule has 0 aliphatic rings. The Morgan fingerprint density at radius 1 is 1.50 bits per heavy atom. The van der Waals surface area contributed by atoms with Gasteiger partial charge in [0.25, 0.3) is 0 Å². The molecule has 0 amide bonds. The fourth-order valence-electron chi connectivity index (χ4n) is 1.71. The average Bonchev–Trinajstić information content (AvgIpc) is 2.99. The number of hydrogen-bond acceptors (Lipinski definition) is 6. The molecule has 0 spiro atoms. The molecule has 0 saturated carbocycles. The van der Waals surface area contributed by atoms with Crippen LogP contribution in [0.25, 0.3) is 0 Å². The van der Waals surface area contributed by atoms with Gasteiger partial charge >= 0.3 is 5.97 Å². The molecule has 20 heavy (non-hydrogen) atoms. The van der Waals surface area contributed by atoms with E-state index in [0.717, 1.165) is 10.7 Å². The fourth-order valence-corrected chi connectivity index (χ4v) is 2.54. The van der Waals surface area contributed by atoms with Crippen LogP contribution in [0.3, 0.4) is 0 Å². The lowest BCUT2D eigenvalue weighted by molar-refractivity contribution is 0.0518. The number of carbonyl (C=O) groups is 1. The van der Waals surface area contributed by atoms with Crippen molar-refractivity contribution in [2.24, 2.45) is 0 Å². The molecule has 2 aromatic heterocycles. The highest BCUT2D eigenvalue weighted by molar-refractivity contribution is 7.09. The Labute approximate surface area is 121 Å². The molecule has 0 unspecified atom stereocenters. The topological polar surface area (TPSA) is 69.9 Å². The summed E-state index contributed by atoms with van der Waals surface area (Å²) in [6, 6.07) is 0. The van der Waals surface area contributed by atoms with Crippen molar-refractivity contribution in [1.29, 1.82) is 0 Å². The zero-order valence-electron chi connectivity index (χ0n) is 12.1. The van der Waals surface area contributed by atoms with Crippen molar-refractivity contribution in [3.63, 3.8) is 0 Å². The van der Waals surface area contributed by atoms with E-state index in [1.807, 2.05) is 12.3 Å². The molecule has 2 rings (SSSR count). The molecule has 0 saturated heterocycles. The lowest BCUT2D eigenvalue weighted by Gasteiger charge is -2.02. The number of carbonyl (C=O) groups excluding carboxylic acids is 1. The van der Waals surface area contributed by atoms with E-state index in [-0.39, 0.29) is 5.69 Å². The SMILES string of the molecule is CCOC(=O)c1nnn(Cc2csc(C(C)C)n2)c1C. The van der Waals surface area contributed by atoms with Gasteiger partial charge in [-0.15, -0.1) is 16.4 Å². The zero-order chi connectivity index (χ0) is 14.7. The second-order valence-corrected chi connectivity index (χ2v) is 5.62. The van der Waals surface area contributed by atoms with Crippen molar-refractivity contribution in [1.82, 2.24) is 20.0 Å². The van der Waals surface area contributed by atoms with Gasteiger partial charge in [-0.3, -0.25) is 0 Å². The van der Waals surface area contributed by atoms with E-state index in [1.165, 1.54) is 0 Å². The summed E-state index contributed by atoms with van der Waals surface area (Å²) < 4.78 is 6.61. The van der Waals surface area contributed by atoms with Crippen LogP contribution in [0.4, 0.5) is 0 Å². The summed E-state index contributed by atoms with van der Waals surface area (Å²) >= 11 is 1.64. The Balaban J connectivity index is 2.15. The molecule has 2 aromatic rings. The number of ether oxygens (including phenoxy) is 1. The maximum atomic E-state index is 11.7. The van der Waals surface area contributed by atoms with Crippen LogP contribution in [0.5, 0.6) is 0 Å². The third kappa shape index (κ3) is 3.04. The second kappa shape index (κ2) is 6.13. The molecular weight excluding hydrogens is 276 g/mol. The summed E-state index contributed by atoms with van der Waals surface area (Å²) in [6.07, 6.45) is 0. The molecule has 0 aromatic carbocycles. The van der Waals surface area contributed by atoms with Crippen molar-refractivity contribution >= 4 is 17.3 Å². The molecule has 0 aliphatic carbocycles. The molecule has 0 aliphatic heterocycles. The molecule has 0 N–H and O–H groups in total.